The lowest BCUT2D eigenvalue weighted by Crippen LogP contribution is -2.04. The summed E-state index contributed by atoms with van der Waals surface area (Å²) in [4.78, 5) is 32.0. The van der Waals surface area contributed by atoms with Crippen LogP contribution in [0.3, 0.4) is 0 Å². The van der Waals surface area contributed by atoms with Gasteiger partial charge in [0.2, 0.25) is 0 Å². The maximum absolute atomic E-state index is 10.7. The molecule has 3 heteroatoms. The molecule has 0 bridgehead atoms. The first-order valence-electron chi connectivity index (χ1n) is 4.23. The van der Waals surface area contributed by atoms with Gasteiger partial charge in [-0.2, -0.15) is 0 Å². The highest BCUT2D eigenvalue weighted by atomic mass is 16.1. The van der Waals surface area contributed by atoms with Crippen molar-refractivity contribution in [2.45, 2.75) is 12.8 Å². The SMILES string of the molecule is CC(C=O)c1c(C=O)cccc1C=O. The first-order chi connectivity index (χ1) is 6.74. The van der Waals surface area contributed by atoms with Crippen molar-refractivity contribution in [3.05, 3.63) is 34.9 Å². The minimum absolute atomic E-state index is 0.397. The van der Waals surface area contributed by atoms with E-state index in [-0.39, 0.29) is 0 Å². The van der Waals surface area contributed by atoms with Crippen LogP contribution in [-0.4, -0.2) is 18.9 Å². The molecule has 1 unspecified atom stereocenters. The molecule has 0 amide bonds. The van der Waals surface area contributed by atoms with Gasteiger partial charge in [0.1, 0.15) is 18.9 Å². The largest absolute Gasteiger partial charge is 0.303 e. The summed E-state index contributed by atoms with van der Waals surface area (Å²) in [6, 6.07) is 4.80. The number of hydrogen-bond donors (Lipinski definition) is 0. The van der Waals surface area contributed by atoms with Gasteiger partial charge in [-0.15, -0.1) is 0 Å². The van der Waals surface area contributed by atoms with Crippen molar-refractivity contribution in [1.82, 2.24) is 0 Å². The maximum atomic E-state index is 10.7. The summed E-state index contributed by atoms with van der Waals surface area (Å²) in [7, 11) is 0. The van der Waals surface area contributed by atoms with Gasteiger partial charge in [-0.25, -0.2) is 0 Å². The van der Waals surface area contributed by atoms with E-state index in [0.29, 0.717) is 29.3 Å². The average molecular weight is 190 g/mol. The van der Waals surface area contributed by atoms with Crippen LogP contribution in [0.1, 0.15) is 39.1 Å². The zero-order chi connectivity index (χ0) is 10.6. The molecular formula is C11H10O3. The normalized spacial score (nSPS) is 11.8. The highest BCUT2D eigenvalue weighted by Crippen LogP contribution is 2.20. The Bertz CT molecular complexity index is 343. The molecule has 0 N–H and O–H groups in total. The lowest BCUT2D eigenvalue weighted by Gasteiger charge is -2.09. The molecule has 1 aromatic rings. The van der Waals surface area contributed by atoms with Crippen LogP contribution in [0.15, 0.2) is 18.2 Å². The Morgan fingerprint density at radius 3 is 1.93 bits per heavy atom. The van der Waals surface area contributed by atoms with Gasteiger partial charge in [0, 0.05) is 17.0 Å². The molecule has 0 heterocycles. The van der Waals surface area contributed by atoms with Crippen LogP contribution in [0.5, 0.6) is 0 Å². The Hall–Kier alpha value is -1.77. The van der Waals surface area contributed by atoms with Crippen LogP contribution in [-0.2, 0) is 4.79 Å². The van der Waals surface area contributed by atoms with E-state index in [4.69, 9.17) is 0 Å². The van der Waals surface area contributed by atoms with E-state index in [1.807, 2.05) is 0 Å². The number of carbonyl (C=O) groups is 3. The van der Waals surface area contributed by atoms with Crippen LogP contribution >= 0.6 is 0 Å². The van der Waals surface area contributed by atoms with Crippen molar-refractivity contribution in [2.75, 3.05) is 0 Å². The average Bonchev–Trinajstić information content (AvgIpc) is 2.26. The molecule has 0 spiro atoms. The van der Waals surface area contributed by atoms with Crippen LogP contribution in [0.2, 0.25) is 0 Å². The Morgan fingerprint density at radius 2 is 1.57 bits per heavy atom. The molecule has 0 radical (unpaired) electrons. The molecule has 1 rings (SSSR count). The molecule has 0 aliphatic carbocycles. The van der Waals surface area contributed by atoms with E-state index in [2.05, 4.69) is 0 Å². The van der Waals surface area contributed by atoms with Gasteiger partial charge in [0.25, 0.3) is 0 Å². The Morgan fingerprint density at radius 1 is 1.07 bits per heavy atom. The molecule has 0 saturated heterocycles. The van der Waals surface area contributed by atoms with Gasteiger partial charge in [0.05, 0.1) is 0 Å². The maximum Gasteiger partial charge on any atom is 0.150 e. The molecule has 0 saturated carbocycles. The molecular weight excluding hydrogens is 180 g/mol. The van der Waals surface area contributed by atoms with Gasteiger partial charge < -0.3 is 4.79 Å². The first-order valence-corrected chi connectivity index (χ1v) is 4.23. The van der Waals surface area contributed by atoms with Crippen LogP contribution in [0.25, 0.3) is 0 Å². The zero-order valence-corrected chi connectivity index (χ0v) is 7.77. The fourth-order valence-electron chi connectivity index (χ4n) is 1.40. The van der Waals surface area contributed by atoms with Gasteiger partial charge in [-0.05, 0) is 5.56 Å². The van der Waals surface area contributed by atoms with Crippen molar-refractivity contribution < 1.29 is 14.4 Å². The highest BCUT2D eigenvalue weighted by Gasteiger charge is 2.13. The lowest BCUT2D eigenvalue weighted by molar-refractivity contribution is -0.108. The summed E-state index contributed by atoms with van der Waals surface area (Å²) in [6.45, 7) is 1.66. The van der Waals surface area contributed by atoms with Crippen molar-refractivity contribution >= 4 is 18.9 Å². The summed E-state index contributed by atoms with van der Waals surface area (Å²) >= 11 is 0. The van der Waals surface area contributed by atoms with Gasteiger partial charge in [-0.3, -0.25) is 9.59 Å². The van der Waals surface area contributed by atoms with Crippen molar-refractivity contribution in [2.24, 2.45) is 0 Å². The summed E-state index contributed by atoms with van der Waals surface area (Å²) in [6.07, 6.45) is 2.03. The quantitative estimate of drug-likeness (QED) is 0.678. The van der Waals surface area contributed by atoms with E-state index in [1.165, 1.54) is 0 Å². The van der Waals surface area contributed by atoms with Crippen molar-refractivity contribution in [3.63, 3.8) is 0 Å². The number of carbonyl (C=O) groups excluding carboxylic acids is 3. The fraction of sp³-hybridized carbons (Fsp3) is 0.182. The van der Waals surface area contributed by atoms with E-state index in [0.717, 1.165) is 6.29 Å². The Balaban J connectivity index is 3.39. The molecule has 0 aromatic heterocycles. The second-order valence-corrected chi connectivity index (χ2v) is 3.01. The molecule has 0 aliphatic heterocycles. The third-order valence-electron chi connectivity index (χ3n) is 2.09. The Labute approximate surface area is 81.7 Å². The second kappa shape index (κ2) is 4.46. The number of hydrogen-bond acceptors (Lipinski definition) is 3. The molecule has 14 heavy (non-hydrogen) atoms. The minimum Gasteiger partial charge on any atom is -0.303 e. The number of benzene rings is 1. The standard InChI is InChI=1S/C11H10O3/c1-8(5-12)11-9(6-13)3-2-4-10(11)7-14/h2-8H,1H3. The van der Waals surface area contributed by atoms with Gasteiger partial charge >= 0.3 is 0 Å². The summed E-state index contributed by atoms with van der Waals surface area (Å²) in [5.41, 5.74) is 1.30. The monoisotopic (exact) mass is 190 g/mol. The molecule has 3 nitrogen and oxygen atoms in total. The number of aldehydes is 3. The molecule has 1 aromatic carbocycles. The molecule has 0 fully saturated rings. The lowest BCUT2D eigenvalue weighted by atomic mass is 9.93. The van der Waals surface area contributed by atoms with E-state index < -0.39 is 5.92 Å². The summed E-state index contributed by atoms with van der Waals surface area (Å²) in [5, 5.41) is 0. The van der Waals surface area contributed by atoms with Crippen LogP contribution < -0.4 is 0 Å². The van der Waals surface area contributed by atoms with E-state index in [1.54, 1.807) is 25.1 Å². The topological polar surface area (TPSA) is 51.2 Å². The first kappa shape index (κ1) is 10.3. The smallest absolute Gasteiger partial charge is 0.150 e. The third kappa shape index (κ3) is 1.76. The summed E-state index contributed by atoms with van der Waals surface area (Å²) in [5.74, 6) is -0.434. The predicted molar refractivity (Wildman–Crippen MR) is 51.7 cm³/mol. The second-order valence-electron chi connectivity index (χ2n) is 3.01. The van der Waals surface area contributed by atoms with Crippen molar-refractivity contribution in [3.8, 4) is 0 Å². The van der Waals surface area contributed by atoms with Crippen LogP contribution in [0, 0.1) is 0 Å². The predicted octanol–water partition coefficient (Wildman–Crippen LogP) is 1.61. The van der Waals surface area contributed by atoms with Gasteiger partial charge in [-0.1, -0.05) is 25.1 Å². The van der Waals surface area contributed by atoms with E-state index >= 15 is 0 Å². The minimum atomic E-state index is -0.434. The van der Waals surface area contributed by atoms with Gasteiger partial charge in [0.15, 0.2) is 0 Å². The summed E-state index contributed by atoms with van der Waals surface area (Å²) < 4.78 is 0. The molecule has 0 aliphatic rings. The number of rotatable bonds is 4. The zero-order valence-electron chi connectivity index (χ0n) is 7.77. The fourth-order valence-corrected chi connectivity index (χ4v) is 1.40. The Kier molecular flexibility index (Phi) is 3.29. The molecule has 72 valence electrons. The van der Waals surface area contributed by atoms with Crippen molar-refractivity contribution in [1.29, 1.82) is 0 Å². The third-order valence-corrected chi connectivity index (χ3v) is 2.09. The highest BCUT2D eigenvalue weighted by molar-refractivity contribution is 5.88. The van der Waals surface area contributed by atoms with Crippen LogP contribution in [0.4, 0.5) is 0 Å². The molecule has 1 atom stereocenters. The van der Waals surface area contributed by atoms with E-state index in [9.17, 15) is 14.4 Å².